The number of hydrogen-bond acceptors (Lipinski definition) is 7. The molecule has 3 aliphatic rings. The van der Waals surface area contributed by atoms with E-state index in [1.807, 2.05) is 12.4 Å². The molecular formula is C24H35N5O2Si. The van der Waals surface area contributed by atoms with Crippen molar-refractivity contribution < 1.29 is 9.16 Å². The van der Waals surface area contributed by atoms with Crippen LogP contribution in [0.4, 0.5) is 17.3 Å². The van der Waals surface area contributed by atoms with Crippen LogP contribution in [0.3, 0.4) is 0 Å². The zero-order chi connectivity index (χ0) is 22.3. The highest BCUT2D eigenvalue weighted by Crippen LogP contribution is 2.62. The number of hydrogen-bond donors (Lipinski definition) is 0. The molecule has 0 bridgehead atoms. The maximum absolute atomic E-state index is 6.40. The van der Waals surface area contributed by atoms with Crippen LogP contribution >= 0.6 is 0 Å². The number of benzene rings is 1. The summed E-state index contributed by atoms with van der Waals surface area (Å²) >= 11 is 0. The summed E-state index contributed by atoms with van der Waals surface area (Å²) in [7, 11) is 0.278. The van der Waals surface area contributed by atoms with Gasteiger partial charge in [-0.15, -0.1) is 0 Å². The minimum Gasteiger partial charge on any atom is -0.412 e. The molecule has 32 heavy (non-hydrogen) atoms. The quantitative estimate of drug-likeness (QED) is 0.595. The summed E-state index contributed by atoms with van der Waals surface area (Å²) < 4.78 is 11.7. The van der Waals surface area contributed by atoms with E-state index < -0.39 is 8.32 Å². The van der Waals surface area contributed by atoms with E-state index in [1.54, 1.807) is 7.11 Å². The predicted molar refractivity (Wildman–Crippen MR) is 131 cm³/mol. The van der Waals surface area contributed by atoms with Crippen LogP contribution in [0.1, 0.15) is 19.4 Å². The number of anilines is 3. The highest BCUT2D eigenvalue weighted by molar-refractivity contribution is 6.86. The van der Waals surface area contributed by atoms with Crippen molar-refractivity contribution >= 4 is 25.6 Å². The summed E-state index contributed by atoms with van der Waals surface area (Å²) in [6.45, 7) is 13.5. The highest BCUT2D eigenvalue weighted by atomic mass is 28.4. The van der Waals surface area contributed by atoms with E-state index in [4.69, 9.17) is 9.16 Å². The van der Waals surface area contributed by atoms with Crippen molar-refractivity contribution in [3.63, 3.8) is 0 Å². The number of aromatic nitrogens is 2. The van der Waals surface area contributed by atoms with Gasteiger partial charge in [-0.3, -0.25) is 0 Å². The lowest BCUT2D eigenvalue weighted by Gasteiger charge is -2.39. The Morgan fingerprint density at radius 2 is 1.62 bits per heavy atom. The molecule has 0 radical (unpaired) electrons. The number of nitrogens with zero attached hydrogens (tertiary/aromatic N) is 5. The summed E-state index contributed by atoms with van der Waals surface area (Å²) in [5, 5.41) is 0.435. The topological polar surface area (TPSA) is 54.0 Å². The Morgan fingerprint density at radius 1 is 1.00 bits per heavy atom. The van der Waals surface area contributed by atoms with E-state index in [-0.39, 0.29) is 0 Å². The Hall–Kier alpha value is -2.16. The number of ether oxygens (including phenoxy) is 1. The molecule has 0 aliphatic carbocycles. The van der Waals surface area contributed by atoms with Gasteiger partial charge in [-0.1, -0.05) is 26.0 Å². The number of piperazine rings is 1. The lowest BCUT2D eigenvalue weighted by Crippen LogP contribution is -2.52. The van der Waals surface area contributed by atoms with Crippen LogP contribution in [0.2, 0.25) is 17.6 Å². The average molecular weight is 454 g/mol. The van der Waals surface area contributed by atoms with Gasteiger partial charge in [-0.05, 0) is 35.3 Å². The minimum absolute atomic E-state index is 0.308. The molecule has 1 atom stereocenters. The van der Waals surface area contributed by atoms with Crippen LogP contribution in [-0.2, 0) is 15.8 Å². The van der Waals surface area contributed by atoms with Crippen LogP contribution in [-0.4, -0.2) is 70.8 Å². The van der Waals surface area contributed by atoms with Crippen molar-refractivity contribution in [1.82, 2.24) is 9.97 Å². The fourth-order valence-corrected chi connectivity index (χ4v) is 8.07. The fourth-order valence-electron chi connectivity index (χ4n) is 4.75. The van der Waals surface area contributed by atoms with Gasteiger partial charge < -0.3 is 23.9 Å². The molecule has 8 heteroatoms. The summed E-state index contributed by atoms with van der Waals surface area (Å²) in [4.78, 5) is 16.2. The first-order valence-corrected chi connectivity index (χ1v) is 14.3. The standard InChI is InChI=1S/C24H35N5O2Si/c1-24(2)18-32(24,4)31-17-19-6-5-7-20(12-19)27-8-10-28(11-9-27)21-13-25-23(26-14-21)29-15-22(16-29)30-3/h5-7,12-14,22H,8-11,15-18H2,1-4H3. The summed E-state index contributed by atoms with van der Waals surface area (Å²) in [5.74, 6) is 0.797. The second kappa shape index (κ2) is 8.32. The van der Waals surface area contributed by atoms with Crippen molar-refractivity contribution in [2.45, 2.75) is 44.2 Å². The molecule has 0 saturated carbocycles. The van der Waals surface area contributed by atoms with Crippen LogP contribution < -0.4 is 14.7 Å². The minimum atomic E-state index is -1.48. The van der Waals surface area contributed by atoms with Gasteiger partial charge in [0, 0.05) is 52.1 Å². The molecule has 2 aromatic rings. The predicted octanol–water partition coefficient (Wildman–Crippen LogP) is 3.52. The van der Waals surface area contributed by atoms with Crippen molar-refractivity contribution in [1.29, 1.82) is 0 Å². The molecule has 0 N–H and O–H groups in total. The smallest absolute Gasteiger partial charge is 0.225 e. The van der Waals surface area contributed by atoms with Gasteiger partial charge in [0.15, 0.2) is 8.32 Å². The van der Waals surface area contributed by atoms with Gasteiger partial charge in [0.05, 0.1) is 30.8 Å². The van der Waals surface area contributed by atoms with E-state index in [9.17, 15) is 0 Å². The van der Waals surface area contributed by atoms with Crippen molar-refractivity contribution in [2.24, 2.45) is 0 Å². The second-order valence-electron chi connectivity index (χ2n) is 10.2. The van der Waals surface area contributed by atoms with Crippen molar-refractivity contribution in [3.8, 4) is 0 Å². The van der Waals surface area contributed by atoms with Crippen LogP contribution in [0, 0.1) is 0 Å². The lowest BCUT2D eigenvalue weighted by molar-refractivity contribution is 0.0778. The van der Waals surface area contributed by atoms with Crippen LogP contribution in [0.5, 0.6) is 0 Å². The van der Waals surface area contributed by atoms with Gasteiger partial charge in [0.2, 0.25) is 5.95 Å². The fraction of sp³-hybridized carbons (Fsp3) is 0.583. The molecule has 0 spiro atoms. The highest BCUT2D eigenvalue weighted by Gasteiger charge is 2.62. The Balaban J connectivity index is 1.14. The van der Waals surface area contributed by atoms with Gasteiger partial charge in [-0.25, -0.2) is 9.97 Å². The van der Waals surface area contributed by atoms with E-state index in [0.29, 0.717) is 11.1 Å². The lowest BCUT2D eigenvalue weighted by atomic mass is 10.1. The molecule has 1 aromatic heterocycles. The Kier molecular flexibility index (Phi) is 5.63. The van der Waals surface area contributed by atoms with Crippen molar-refractivity contribution in [3.05, 3.63) is 42.2 Å². The van der Waals surface area contributed by atoms with Crippen molar-refractivity contribution in [2.75, 3.05) is 61.1 Å². The molecule has 3 saturated heterocycles. The average Bonchev–Trinajstić information content (AvgIpc) is 3.30. The monoisotopic (exact) mass is 453 g/mol. The van der Waals surface area contributed by atoms with Gasteiger partial charge in [0.25, 0.3) is 0 Å². The third-order valence-electron chi connectivity index (χ3n) is 7.65. The maximum atomic E-state index is 6.40. The number of rotatable bonds is 7. The number of methoxy groups -OCH3 is 1. The zero-order valence-corrected chi connectivity index (χ0v) is 20.8. The molecule has 4 heterocycles. The SMILES string of the molecule is COC1CN(c2ncc(N3CCN(c4cccc(CO[Si]5(C)CC5(C)C)c4)CC3)cn2)C1. The first-order chi connectivity index (χ1) is 15.4. The van der Waals surface area contributed by atoms with Crippen LogP contribution in [0.25, 0.3) is 0 Å². The molecule has 0 amide bonds. The third-order valence-corrected chi connectivity index (χ3v) is 12.6. The van der Waals surface area contributed by atoms with E-state index in [0.717, 1.165) is 57.5 Å². The first kappa shape index (κ1) is 21.7. The van der Waals surface area contributed by atoms with Gasteiger partial charge in [0.1, 0.15) is 0 Å². The van der Waals surface area contributed by atoms with Gasteiger partial charge >= 0.3 is 0 Å². The molecular weight excluding hydrogens is 418 g/mol. The molecule has 7 nitrogen and oxygen atoms in total. The molecule has 3 fully saturated rings. The second-order valence-corrected chi connectivity index (χ2v) is 14.7. The van der Waals surface area contributed by atoms with E-state index in [1.165, 1.54) is 17.3 Å². The normalized spacial score (nSPS) is 25.1. The Morgan fingerprint density at radius 3 is 2.22 bits per heavy atom. The maximum Gasteiger partial charge on any atom is 0.225 e. The first-order valence-electron chi connectivity index (χ1n) is 11.7. The summed E-state index contributed by atoms with van der Waals surface area (Å²) in [6.07, 6.45) is 4.22. The molecule has 1 unspecified atom stereocenters. The van der Waals surface area contributed by atoms with Gasteiger partial charge in [-0.2, -0.15) is 0 Å². The molecule has 5 rings (SSSR count). The third kappa shape index (κ3) is 4.23. The van der Waals surface area contributed by atoms with Crippen LogP contribution in [0.15, 0.2) is 36.7 Å². The van der Waals surface area contributed by atoms with E-state index in [2.05, 4.69) is 69.3 Å². The Bertz CT molecular complexity index is 942. The largest absolute Gasteiger partial charge is 0.412 e. The Labute approximate surface area is 192 Å². The molecule has 172 valence electrons. The summed E-state index contributed by atoms with van der Waals surface area (Å²) in [5.41, 5.74) is 3.68. The molecule has 1 aromatic carbocycles. The van der Waals surface area contributed by atoms with E-state index >= 15 is 0 Å². The summed E-state index contributed by atoms with van der Waals surface area (Å²) in [6, 6.07) is 10.2. The zero-order valence-electron chi connectivity index (χ0n) is 19.8. The molecule has 3 aliphatic heterocycles.